The Morgan fingerprint density at radius 1 is 1.00 bits per heavy atom. The Kier molecular flexibility index (Phi) is 7.88. The Labute approximate surface area is 165 Å². The number of amides is 2. The summed E-state index contributed by atoms with van der Waals surface area (Å²) in [5, 5.41) is 5.94. The van der Waals surface area contributed by atoms with Crippen molar-refractivity contribution in [2.24, 2.45) is 0 Å². The number of hydrogen-bond donors (Lipinski definition) is 3. The maximum Gasteiger partial charge on any atom is 0.279 e. The molecule has 0 bridgehead atoms. The van der Waals surface area contributed by atoms with Gasteiger partial charge in [0.25, 0.3) is 11.8 Å². The Bertz CT molecular complexity index is 808. The van der Waals surface area contributed by atoms with Gasteiger partial charge in [0.15, 0.2) is 13.1 Å². The molecule has 1 unspecified atom stereocenters. The van der Waals surface area contributed by atoms with Crippen LogP contribution in [0.4, 0.5) is 11.4 Å². The van der Waals surface area contributed by atoms with Crippen molar-refractivity contribution in [2.45, 2.75) is 25.2 Å². The van der Waals surface area contributed by atoms with E-state index < -0.39 is 0 Å². The minimum Gasteiger partial charge on any atom is -0.322 e. The first-order chi connectivity index (χ1) is 12.9. The van der Waals surface area contributed by atoms with E-state index in [1.54, 1.807) is 11.8 Å². The third-order valence-corrected chi connectivity index (χ3v) is 5.11. The van der Waals surface area contributed by atoms with Gasteiger partial charge in [-0.15, -0.1) is 11.8 Å². The SMILES string of the molecule is CCc1cccc(C)c1NC(=O)C[NH+](C)CC(=O)Nc1ccccc1SC. The molecule has 2 aromatic carbocycles. The number of quaternary nitrogens is 1. The zero-order valence-corrected chi connectivity index (χ0v) is 17.2. The quantitative estimate of drug-likeness (QED) is 0.611. The first-order valence-corrected chi connectivity index (χ1v) is 10.3. The summed E-state index contributed by atoms with van der Waals surface area (Å²) < 4.78 is 0. The molecular weight excluding hydrogens is 358 g/mol. The number of rotatable bonds is 8. The van der Waals surface area contributed by atoms with Gasteiger partial charge in [0.1, 0.15) is 0 Å². The van der Waals surface area contributed by atoms with E-state index in [0.717, 1.165) is 38.7 Å². The molecule has 6 heteroatoms. The van der Waals surface area contributed by atoms with Gasteiger partial charge in [-0.3, -0.25) is 9.59 Å². The summed E-state index contributed by atoms with van der Waals surface area (Å²) in [5.74, 6) is -0.194. The summed E-state index contributed by atoms with van der Waals surface area (Å²) in [6.45, 7) is 4.51. The number of thioether (sulfide) groups is 1. The molecule has 27 heavy (non-hydrogen) atoms. The predicted octanol–water partition coefficient (Wildman–Crippen LogP) is 2.37. The molecule has 1 atom stereocenters. The molecule has 0 heterocycles. The van der Waals surface area contributed by atoms with E-state index in [2.05, 4.69) is 17.6 Å². The van der Waals surface area contributed by atoms with E-state index in [-0.39, 0.29) is 24.9 Å². The van der Waals surface area contributed by atoms with Crippen LogP contribution in [0.2, 0.25) is 0 Å². The largest absolute Gasteiger partial charge is 0.322 e. The molecule has 5 nitrogen and oxygen atoms in total. The Morgan fingerprint density at radius 2 is 1.67 bits per heavy atom. The summed E-state index contributed by atoms with van der Waals surface area (Å²) >= 11 is 1.59. The molecule has 0 aliphatic rings. The van der Waals surface area contributed by atoms with Crippen LogP contribution in [0.1, 0.15) is 18.1 Å². The lowest BCUT2D eigenvalue weighted by atomic mass is 10.1. The number of carbonyl (C=O) groups is 2. The van der Waals surface area contributed by atoms with Crippen LogP contribution in [0.25, 0.3) is 0 Å². The molecule has 2 amide bonds. The van der Waals surface area contributed by atoms with Gasteiger partial charge in [-0.1, -0.05) is 37.3 Å². The number of benzene rings is 2. The van der Waals surface area contributed by atoms with Crippen LogP contribution in [-0.2, 0) is 16.0 Å². The van der Waals surface area contributed by atoms with Crippen molar-refractivity contribution in [3.8, 4) is 0 Å². The average molecular weight is 387 g/mol. The van der Waals surface area contributed by atoms with E-state index in [4.69, 9.17) is 0 Å². The van der Waals surface area contributed by atoms with Gasteiger partial charge in [-0.2, -0.15) is 0 Å². The van der Waals surface area contributed by atoms with Gasteiger partial charge in [0.05, 0.1) is 12.7 Å². The van der Waals surface area contributed by atoms with Crippen LogP contribution in [-0.4, -0.2) is 38.2 Å². The molecule has 144 valence electrons. The number of aryl methyl sites for hydroxylation is 2. The zero-order chi connectivity index (χ0) is 19.8. The molecule has 0 aromatic heterocycles. The average Bonchev–Trinajstić information content (AvgIpc) is 2.63. The molecule has 2 rings (SSSR count). The molecule has 0 spiro atoms. The minimum absolute atomic E-state index is 0.0891. The van der Waals surface area contributed by atoms with Gasteiger partial charge in [0.2, 0.25) is 0 Å². The van der Waals surface area contributed by atoms with Crippen LogP contribution in [0.15, 0.2) is 47.4 Å². The normalized spacial score (nSPS) is 11.7. The Hall–Kier alpha value is -2.31. The van der Waals surface area contributed by atoms with Crippen LogP contribution in [0.3, 0.4) is 0 Å². The summed E-state index contributed by atoms with van der Waals surface area (Å²) in [7, 11) is 1.85. The van der Waals surface area contributed by atoms with E-state index in [1.807, 2.05) is 62.7 Å². The van der Waals surface area contributed by atoms with Crippen molar-refractivity contribution in [1.29, 1.82) is 0 Å². The minimum atomic E-state index is -0.105. The summed E-state index contributed by atoms with van der Waals surface area (Å²) in [6.07, 6.45) is 2.83. The standard InChI is InChI=1S/C21H27N3O2S/c1-5-16-10-8-9-15(2)21(16)23-20(26)14-24(3)13-19(25)22-17-11-6-7-12-18(17)27-4/h6-12H,5,13-14H2,1-4H3,(H,22,25)(H,23,26)/p+1. The second kappa shape index (κ2) is 10.1. The Morgan fingerprint density at radius 3 is 2.33 bits per heavy atom. The second-order valence-electron chi connectivity index (χ2n) is 6.57. The predicted molar refractivity (Wildman–Crippen MR) is 113 cm³/mol. The van der Waals surface area contributed by atoms with Crippen molar-refractivity contribution in [3.05, 3.63) is 53.6 Å². The molecular formula is C21H28N3O2S+. The van der Waals surface area contributed by atoms with Gasteiger partial charge in [0, 0.05) is 10.6 Å². The van der Waals surface area contributed by atoms with Crippen molar-refractivity contribution in [3.63, 3.8) is 0 Å². The summed E-state index contributed by atoms with van der Waals surface area (Å²) in [6, 6.07) is 13.7. The fraction of sp³-hybridized carbons (Fsp3) is 0.333. The first-order valence-electron chi connectivity index (χ1n) is 9.07. The molecule has 0 saturated carbocycles. The van der Waals surface area contributed by atoms with E-state index >= 15 is 0 Å². The van der Waals surface area contributed by atoms with E-state index in [1.165, 1.54) is 0 Å². The fourth-order valence-electron chi connectivity index (χ4n) is 2.94. The maximum atomic E-state index is 12.4. The third kappa shape index (κ3) is 6.12. The highest BCUT2D eigenvalue weighted by Crippen LogP contribution is 2.24. The second-order valence-corrected chi connectivity index (χ2v) is 7.42. The van der Waals surface area contributed by atoms with Crippen LogP contribution in [0.5, 0.6) is 0 Å². The smallest absolute Gasteiger partial charge is 0.279 e. The molecule has 0 saturated heterocycles. The molecule has 0 aliphatic carbocycles. The summed E-state index contributed by atoms with van der Waals surface area (Å²) in [4.78, 5) is 26.6. The highest BCUT2D eigenvalue weighted by atomic mass is 32.2. The van der Waals surface area contributed by atoms with Crippen LogP contribution >= 0.6 is 11.8 Å². The highest BCUT2D eigenvalue weighted by molar-refractivity contribution is 7.98. The molecule has 2 aromatic rings. The topological polar surface area (TPSA) is 62.6 Å². The molecule has 0 fully saturated rings. The van der Waals surface area contributed by atoms with Gasteiger partial charge in [-0.25, -0.2) is 0 Å². The number of hydrogen-bond acceptors (Lipinski definition) is 3. The van der Waals surface area contributed by atoms with Crippen LogP contribution < -0.4 is 15.5 Å². The van der Waals surface area contributed by atoms with Crippen molar-refractivity contribution in [1.82, 2.24) is 0 Å². The fourth-order valence-corrected chi connectivity index (χ4v) is 3.49. The number of para-hydroxylation sites is 2. The molecule has 0 radical (unpaired) electrons. The highest BCUT2D eigenvalue weighted by Gasteiger charge is 2.16. The van der Waals surface area contributed by atoms with Crippen LogP contribution in [0, 0.1) is 6.92 Å². The van der Waals surface area contributed by atoms with Crippen molar-refractivity contribution >= 4 is 35.0 Å². The van der Waals surface area contributed by atoms with Crippen molar-refractivity contribution < 1.29 is 14.5 Å². The van der Waals surface area contributed by atoms with Crippen molar-refractivity contribution in [2.75, 3.05) is 37.0 Å². The number of nitrogens with one attached hydrogen (secondary N) is 3. The van der Waals surface area contributed by atoms with Gasteiger partial charge >= 0.3 is 0 Å². The molecule has 0 aliphatic heterocycles. The lowest BCUT2D eigenvalue weighted by molar-refractivity contribution is -0.862. The van der Waals surface area contributed by atoms with Gasteiger partial charge in [-0.05, 0) is 42.9 Å². The lowest BCUT2D eigenvalue weighted by Gasteiger charge is -2.16. The van der Waals surface area contributed by atoms with E-state index in [9.17, 15) is 9.59 Å². The van der Waals surface area contributed by atoms with E-state index in [0.29, 0.717) is 0 Å². The zero-order valence-electron chi connectivity index (χ0n) is 16.4. The monoisotopic (exact) mass is 386 g/mol. The third-order valence-electron chi connectivity index (χ3n) is 4.31. The maximum absolute atomic E-state index is 12.4. The number of carbonyl (C=O) groups excluding carboxylic acids is 2. The first kappa shape index (κ1) is 21.0. The lowest BCUT2D eigenvalue weighted by Crippen LogP contribution is -3.11. The molecule has 3 N–H and O–H groups in total. The summed E-state index contributed by atoms with van der Waals surface area (Å²) in [5.41, 5.74) is 3.86. The number of likely N-dealkylation sites (N-methyl/N-ethyl adjacent to an activating group) is 1. The van der Waals surface area contributed by atoms with Gasteiger partial charge < -0.3 is 15.5 Å². The number of anilines is 2. The Balaban J connectivity index is 1.90.